The zero-order valence-corrected chi connectivity index (χ0v) is 16.6. The van der Waals surface area contributed by atoms with Gasteiger partial charge in [0.05, 0.1) is 0 Å². The van der Waals surface area contributed by atoms with Crippen molar-refractivity contribution in [1.82, 2.24) is 0 Å². The molecule has 0 N–H and O–H groups in total. The van der Waals surface area contributed by atoms with Crippen molar-refractivity contribution < 1.29 is 13.3 Å². The molecule has 0 aliphatic rings. The molecule has 0 saturated carbocycles. The molecule has 0 heterocycles. The fraction of sp³-hybridized carbons (Fsp3) is 0.368. The maximum Gasteiger partial charge on any atom is 0.484 e. The molecule has 3 nitrogen and oxygen atoms in total. The third-order valence-corrected chi connectivity index (χ3v) is 6.86. The SMILES string of the molecule is CCO[SiH](OCC)OCCPC(c1ccccc1)c1ccccc1. The Kier molecular flexibility index (Phi) is 9.25. The van der Waals surface area contributed by atoms with Crippen LogP contribution in [0.15, 0.2) is 60.7 Å². The van der Waals surface area contributed by atoms with E-state index < -0.39 is 9.53 Å². The summed E-state index contributed by atoms with van der Waals surface area (Å²) in [5, 5.41) is 0. The molecule has 1 atom stereocenters. The molecule has 2 aromatic rings. The Balaban J connectivity index is 1.92. The van der Waals surface area contributed by atoms with E-state index in [1.54, 1.807) is 0 Å². The van der Waals surface area contributed by atoms with Crippen LogP contribution in [0.2, 0.25) is 0 Å². The Hall–Kier alpha value is -1.03. The lowest BCUT2D eigenvalue weighted by Crippen LogP contribution is -2.28. The van der Waals surface area contributed by atoms with Gasteiger partial charge in [-0.05, 0) is 31.1 Å². The van der Waals surface area contributed by atoms with Crippen LogP contribution in [0.25, 0.3) is 0 Å². The lowest BCUT2D eigenvalue weighted by molar-refractivity contribution is 0.108. The molecule has 1 unspecified atom stereocenters. The van der Waals surface area contributed by atoms with Gasteiger partial charge in [0.15, 0.2) is 0 Å². The molecule has 2 rings (SSSR count). The van der Waals surface area contributed by atoms with Crippen LogP contribution in [0.1, 0.15) is 30.6 Å². The number of hydrogen-bond donors (Lipinski definition) is 0. The van der Waals surface area contributed by atoms with Gasteiger partial charge in [-0.25, -0.2) is 0 Å². The van der Waals surface area contributed by atoms with E-state index in [2.05, 4.69) is 60.7 Å². The van der Waals surface area contributed by atoms with Gasteiger partial charge in [0, 0.05) is 25.5 Å². The van der Waals surface area contributed by atoms with Gasteiger partial charge in [0.25, 0.3) is 0 Å². The summed E-state index contributed by atoms with van der Waals surface area (Å²) in [6.07, 6.45) is 1.01. The molecule has 0 aromatic heterocycles. The van der Waals surface area contributed by atoms with E-state index in [4.69, 9.17) is 13.3 Å². The van der Waals surface area contributed by atoms with Crippen molar-refractivity contribution in [2.24, 2.45) is 0 Å². The molecular weight excluding hydrogens is 335 g/mol. The number of benzene rings is 2. The van der Waals surface area contributed by atoms with E-state index >= 15 is 0 Å². The molecule has 0 saturated heterocycles. The van der Waals surface area contributed by atoms with E-state index in [0.29, 0.717) is 25.5 Å². The highest BCUT2D eigenvalue weighted by Gasteiger charge is 2.16. The predicted molar refractivity (Wildman–Crippen MR) is 104 cm³/mol. The highest BCUT2D eigenvalue weighted by Crippen LogP contribution is 2.40. The summed E-state index contributed by atoms with van der Waals surface area (Å²) in [4.78, 5) is 0. The molecule has 0 aliphatic carbocycles. The van der Waals surface area contributed by atoms with Crippen LogP contribution in [-0.2, 0) is 13.3 Å². The molecule has 24 heavy (non-hydrogen) atoms. The van der Waals surface area contributed by atoms with Crippen LogP contribution in [0.4, 0.5) is 0 Å². The van der Waals surface area contributed by atoms with Crippen molar-refractivity contribution in [2.75, 3.05) is 26.0 Å². The van der Waals surface area contributed by atoms with Crippen molar-refractivity contribution >= 4 is 18.1 Å². The Morgan fingerprint density at radius 2 is 1.29 bits per heavy atom. The zero-order valence-electron chi connectivity index (χ0n) is 14.5. The summed E-state index contributed by atoms with van der Waals surface area (Å²) in [5.74, 6) is 0. The molecule has 2 aromatic carbocycles. The zero-order chi connectivity index (χ0) is 17.0. The normalized spacial score (nSPS) is 11.8. The molecular formula is C19H27O3PSi. The Morgan fingerprint density at radius 3 is 1.75 bits per heavy atom. The molecule has 0 amide bonds. The van der Waals surface area contributed by atoms with Gasteiger partial charge in [-0.3, -0.25) is 0 Å². The van der Waals surface area contributed by atoms with Crippen LogP contribution >= 0.6 is 8.58 Å². The van der Waals surface area contributed by atoms with Crippen molar-refractivity contribution in [3.8, 4) is 0 Å². The summed E-state index contributed by atoms with van der Waals surface area (Å²) in [6.45, 7) is 5.95. The minimum absolute atomic E-state index is 0.426. The van der Waals surface area contributed by atoms with Gasteiger partial charge in [-0.15, -0.1) is 8.58 Å². The van der Waals surface area contributed by atoms with Gasteiger partial charge in [0.1, 0.15) is 0 Å². The Morgan fingerprint density at radius 1 is 0.792 bits per heavy atom. The van der Waals surface area contributed by atoms with Crippen LogP contribution < -0.4 is 0 Å². The van der Waals surface area contributed by atoms with Gasteiger partial charge >= 0.3 is 9.53 Å². The maximum absolute atomic E-state index is 5.85. The average Bonchev–Trinajstić information content (AvgIpc) is 2.63. The van der Waals surface area contributed by atoms with Crippen molar-refractivity contribution in [3.63, 3.8) is 0 Å². The number of rotatable bonds is 11. The quantitative estimate of drug-likeness (QED) is 0.340. The summed E-state index contributed by atoms with van der Waals surface area (Å²) >= 11 is 0. The van der Waals surface area contributed by atoms with E-state index in [1.165, 1.54) is 11.1 Å². The van der Waals surface area contributed by atoms with Crippen LogP contribution in [0, 0.1) is 0 Å². The van der Waals surface area contributed by atoms with E-state index in [0.717, 1.165) is 14.7 Å². The highest BCUT2D eigenvalue weighted by atomic mass is 31.1. The predicted octanol–water partition coefficient (Wildman–Crippen LogP) is 4.26. The van der Waals surface area contributed by atoms with Crippen LogP contribution in [0.3, 0.4) is 0 Å². The third kappa shape index (κ3) is 6.46. The van der Waals surface area contributed by atoms with E-state index in [-0.39, 0.29) is 0 Å². The third-order valence-electron chi connectivity index (χ3n) is 3.58. The summed E-state index contributed by atoms with van der Waals surface area (Å²) in [7, 11) is -1.17. The smallest absolute Gasteiger partial charge is 0.376 e. The maximum atomic E-state index is 5.85. The highest BCUT2D eigenvalue weighted by molar-refractivity contribution is 7.38. The van der Waals surface area contributed by atoms with E-state index in [9.17, 15) is 0 Å². The first-order chi connectivity index (χ1) is 11.8. The Bertz CT molecular complexity index is 508. The average molecular weight is 362 g/mol. The molecule has 0 aliphatic heterocycles. The summed E-state index contributed by atoms with van der Waals surface area (Å²) < 4.78 is 17.0. The first-order valence-corrected chi connectivity index (χ1v) is 11.2. The van der Waals surface area contributed by atoms with Gasteiger partial charge in [-0.1, -0.05) is 60.7 Å². The summed E-state index contributed by atoms with van der Waals surface area (Å²) in [5.41, 5.74) is 3.16. The van der Waals surface area contributed by atoms with Crippen molar-refractivity contribution in [2.45, 2.75) is 19.5 Å². The first kappa shape index (κ1) is 19.3. The van der Waals surface area contributed by atoms with Crippen molar-refractivity contribution in [3.05, 3.63) is 71.8 Å². The monoisotopic (exact) mass is 362 g/mol. The van der Waals surface area contributed by atoms with E-state index in [1.807, 2.05) is 13.8 Å². The molecule has 0 bridgehead atoms. The van der Waals surface area contributed by atoms with Gasteiger partial charge in [-0.2, -0.15) is 0 Å². The van der Waals surface area contributed by atoms with Gasteiger partial charge < -0.3 is 13.3 Å². The summed E-state index contributed by atoms with van der Waals surface area (Å²) in [6, 6.07) is 21.4. The second-order valence-corrected chi connectivity index (χ2v) is 8.34. The Labute approximate surface area is 149 Å². The van der Waals surface area contributed by atoms with Crippen molar-refractivity contribution in [1.29, 1.82) is 0 Å². The minimum atomic E-state index is -1.94. The topological polar surface area (TPSA) is 27.7 Å². The molecule has 130 valence electrons. The first-order valence-electron chi connectivity index (χ1n) is 8.53. The van der Waals surface area contributed by atoms with Crippen LogP contribution in [0.5, 0.6) is 0 Å². The minimum Gasteiger partial charge on any atom is -0.376 e. The lowest BCUT2D eigenvalue weighted by Gasteiger charge is -2.19. The second-order valence-electron chi connectivity index (χ2n) is 5.28. The van der Waals surface area contributed by atoms with Crippen LogP contribution in [-0.4, -0.2) is 35.5 Å². The molecule has 0 spiro atoms. The standard InChI is InChI=1S/C19H27O3PSi/c1-3-20-24(21-4-2)22-15-16-23-19(17-11-7-5-8-12-17)18-13-9-6-10-14-18/h5-14,19,23-24H,3-4,15-16H2,1-2H3. The molecule has 0 radical (unpaired) electrons. The molecule has 5 heteroatoms. The van der Waals surface area contributed by atoms with Gasteiger partial charge in [0.2, 0.25) is 0 Å². The fourth-order valence-corrected chi connectivity index (χ4v) is 5.25. The largest absolute Gasteiger partial charge is 0.484 e. The number of hydrogen-bond acceptors (Lipinski definition) is 3. The fourth-order valence-electron chi connectivity index (χ4n) is 2.49. The molecule has 0 fully saturated rings. The second kappa shape index (κ2) is 11.5. The lowest BCUT2D eigenvalue weighted by atomic mass is 10.0.